The molecular formula is C11H14N4O2S. The minimum atomic E-state index is 0.422. The normalized spacial score (nSPS) is 10.3. The van der Waals surface area contributed by atoms with Crippen molar-refractivity contribution in [2.24, 2.45) is 5.84 Å². The number of aromatic nitrogens is 2. The fraction of sp³-hybridized carbons (Fsp3) is 0.273. The van der Waals surface area contributed by atoms with Crippen molar-refractivity contribution < 1.29 is 9.47 Å². The minimum absolute atomic E-state index is 0.422. The summed E-state index contributed by atoms with van der Waals surface area (Å²) in [5.74, 6) is 6.05. The molecule has 0 aliphatic rings. The van der Waals surface area contributed by atoms with Crippen LogP contribution >= 0.6 is 11.3 Å². The SMILES string of the molecule is COc1ccc(COCc2nnc(NN)s2)cc1. The standard InChI is InChI=1S/C11H14N4O2S/c1-16-9-4-2-8(3-5-9)6-17-7-10-14-15-11(13-12)18-10/h2-5H,6-7,12H2,1H3,(H,13,15). The number of nitrogens with two attached hydrogens (primary N) is 1. The van der Waals surface area contributed by atoms with E-state index in [0.29, 0.717) is 18.3 Å². The summed E-state index contributed by atoms with van der Waals surface area (Å²) < 4.78 is 10.6. The summed E-state index contributed by atoms with van der Waals surface area (Å²) in [4.78, 5) is 0. The summed E-state index contributed by atoms with van der Waals surface area (Å²) in [5.41, 5.74) is 3.52. The van der Waals surface area contributed by atoms with Gasteiger partial charge in [-0.15, -0.1) is 10.2 Å². The Bertz CT molecular complexity index is 486. The third kappa shape index (κ3) is 3.39. The van der Waals surface area contributed by atoms with E-state index in [1.807, 2.05) is 24.3 Å². The molecule has 0 aliphatic carbocycles. The molecule has 1 heterocycles. The van der Waals surface area contributed by atoms with E-state index in [2.05, 4.69) is 15.6 Å². The van der Waals surface area contributed by atoms with Crippen LogP contribution in [0.2, 0.25) is 0 Å². The van der Waals surface area contributed by atoms with Gasteiger partial charge in [-0.2, -0.15) is 0 Å². The van der Waals surface area contributed by atoms with E-state index in [0.717, 1.165) is 16.3 Å². The quantitative estimate of drug-likeness (QED) is 0.610. The summed E-state index contributed by atoms with van der Waals surface area (Å²) in [6.07, 6.45) is 0. The highest BCUT2D eigenvalue weighted by Gasteiger charge is 2.02. The molecular weight excluding hydrogens is 252 g/mol. The summed E-state index contributed by atoms with van der Waals surface area (Å²) in [6, 6.07) is 7.73. The Hall–Kier alpha value is -1.70. The maximum atomic E-state index is 5.54. The van der Waals surface area contributed by atoms with Gasteiger partial charge in [0.25, 0.3) is 0 Å². The van der Waals surface area contributed by atoms with Crippen LogP contribution in [0, 0.1) is 0 Å². The van der Waals surface area contributed by atoms with Crippen LogP contribution < -0.4 is 16.0 Å². The lowest BCUT2D eigenvalue weighted by Crippen LogP contribution is -2.05. The smallest absolute Gasteiger partial charge is 0.219 e. The zero-order valence-corrected chi connectivity index (χ0v) is 10.7. The molecule has 0 atom stereocenters. The lowest BCUT2D eigenvalue weighted by Gasteiger charge is -2.03. The van der Waals surface area contributed by atoms with E-state index in [1.165, 1.54) is 11.3 Å². The number of nitrogens with one attached hydrogen (secondary N) is 1. The maximum Gasteiger partial charge on any atom is 0.219 e. The molecule has 0 radical (unpaired) electrons. The van der Waals surface area contributed by atoms with Gasteiger partial charge < -0.3 is 9.47 Å². The van der Waals surface area contributed by atoms with E-state index in [1.54, 1.807) is 7.11 Å². The first-order valence-corrected chi connectivity index (χ1v) is 6.13. The van der Waals surface area contributed by atoms with Crippen molar-refractivity contribution in [3.05, 3.63) is 34.8 Å². The number of ether oxygens (including phenoxy) is 2. The highest BCUT2D eigenvalue weighted by Crippen LogP contribution is 2.16. The number of hydrogen-bond acceptors (Lipinski definition) is 7. The molecule has 0 bridgehead atoms. The number of hydrogen-bond donors (Lipinski definition) is 2. The van der Waals surface area contributed by atoms with Gasteiger partial charge in [0.15, 0.2) is 0 Å². The van der Waals surface area contributed by atoms with Crippen LogP contribution in [-0.4, -0.2) is 17.3 Å². The third-order valence-corrected chi connectivity index (χ3v) is 3.07. The van der Waals surface area contributed by atoms with Crippen molar-refractivity contribution in [2.75, 3.05) is 12.5 Å². The second-order valence-corrected chi connectivity index (χ2v) is 4.55. The monoisotopic (exact) mass is 266 g/mol. The molecule has 0 saturated heterocycles. The molecule has 0 saturated carbocycles. The number of nitrogens with zero attached hydrogens (tertiary/aromatic N) is 2. The Morgan fingerprint density at radius 2 is 2.00 bits per heavy atom. The average Bonchev–Trinajstić information content (AvgIpc) is 2.87. The molecule has 96 valence electrons. The van der Waals surface area contributed by atoms with Gasteiger partial charge >= 0.3 is 0 Å². The third-order valence-electron chi connectivity index (χ3n) is 2.24. The van der Waals surface area contributed by atoms with Crippen molar-refractivity contribution in [3.8, 4) is 5.75 Å². The molecule has 0 aliphatic heterocycles. The molecule has 0 spiro atoms. The van der Waals surface area contributed by atoms with Gasteiger partial charge in [0.1, 0.15) is 17.4 Å². The topological polar surface area (TPSA) is 82.3 Å². The molecule has 7 heteroatoms. The van der Waals surface area contributed by atoms with Crippen LogP contribution in [0.4, 0.5) is 5.13 Å². The van der Waals surface area contributed by atoms with Crippen LogP contribution in [0.25, 0.3) is 0 Å². The van der Waals surface area contributed by atoms with Crippen LogP contribution in [0.15, 0.2) is 24.3 Å². The van der Waals surface area contributed by atoms with Crippen molar-refractivity contribution in [2.45, 2.75) is 13.2 Å². The first kappa shape index (κ1) is 12.7. The van der Waals surface area contributed by atoms with E-state index >= 15 is 0 Å². The van der Waals surface area contributed by atoms with Gasteiger partial charge in [0.05, 0.1) is 13.7 Å². The highest BCUT2D eigenvalue weighted by molar-refractivity contribution is 7.15. The molecule has 2 rings (SSSR count). The van der Waals surface area contributed by atoms with Crippen molar-refractivity contribution in [1.82, 2.24) is 10.2 Å². The molecule has 2 aromatic rings. The Morgan fingerprint density at radius 1 is 1.22 bits per heavy atom. The predicted molar refractivity (Wildman–Crippen MR) is 69.2 cm³/mol. The zero-order chi connectivity index (χ0) is 12.8. The van der Waals surface area contributed by atoms with E-state index < -0.39 is 0 Å². The largest absolute Gasteiger partial charge is 0.497 e. The summed E-state index contributed by atoms with van der Waals surface area (Å²) in [7, 11) is 1.64. The molecule has 0 amide bonds. The minimum Gasteiger partial charge on any atom is -0.497 e. The van der Waals surface area contributed by atoms with Crippen molar-refractivity contribution >= 4 is 16.5 Å². The van der Waals surface area contributed by atoms with Crippen LogP contribution in [0.3, 0.4) is 0 Å². The fourth-order valence-corrected chi connectivity index (χ4v) is 1.94. The molecule has 1 aromatic carbocycles. The fourth-order valence-electron chi connectivity index (χ4n) is 1.35. The van der Waals surface area contributed by atoms with Gasteiger partial charge in [-0.25, -0.2) is 5.84 Å². The number of benzene rings is 1. The molecule has 1 aromatic heterocycles. The van der Waals surface area contributed by atoms with E-state index in [4.69, 9.17) is 15.3 Å². The van der Waals surface area contributed by atoms with Gasteiger partial charge in [-0.1, -0.05) is 23.5 Å². The Balaban J connectivity index is 1.80. The summed E-state index contributed by atoms with van der Waals surface area (Å²) >= 11 is 1.37. The lowest BCUT2D eigenvalue weighted by atomic mass is 10.2. The summed E-state index contributed by atoms with van der Waals surface area (Å²) in [6.45, 7) is 0.945. The maximum absolute atomic E-state index is 5.54. The van der Waals surface area contributed by atoms with Crippen LogP contribution in [0.1, 0.15) is 10.6 Å². The van der Waals surface area contributed by atoms with E-state index in [-0.39, 0.29) is 0 Å². The molecule has 6 nitrogen and oxygen atoms in total. The van der Waals surface area contributed by atoms with Crippen LogP contribution in [-0.2, 0) is 18.0 Å². The number of nitrogen functional groups attached to an aromatic ring is 1. The average molecular weight is 266 g/mol. The first-order valence-electron chi connectivity index (χ1n) is 5.31. The van der Waals surface area contributed by atoms with E-state index in [9.17, 15) is 0 Å². The highest BCUT2D eigenvalue weighted by atomic mass is 32.1. The lowest BCUT2D eigenvalue weighted by molar-refractivity contribution is 0.106. The predicted octanol–water partition coefficient (Wildman–Crippen LogP) is 1.55. The molecule has 0 unspecified atom stereocenters. The number of methoxy groups -OCH3 is 1. The summed E-state index contributed by atoms with van der Waals surface area (Å²) in [5, 5.41) is 9.12. The van der Waals surface area contributed by atoms with Crippen molar-refractivity contribution in [3.63, 3.8) is 0 Å². The van der Waals surface area contributed by atoms with Gasteiger partial charge in [-0.05, 0) is 17.7 Å². The molecule has 3 N–H and O–H groups in total. The van der Waals surface area contributed by atoms with Gasteiger partial charge in [0, 0.05) is 0 Å². The van der Waals surface area contributed by atoms with Crippen LogP contribution in [0.5, 0.6) is 5.75 Å². The van der Waals surface area contributed by atoms with Gasteiger partial charge in [0.2, 0.25) is 5.13 Å². The zero-order valence-electron chi connectivity index (χ0n) is 9.92. The second-order valence-electron chi connectivity index (χ2n) is 3.49. The number of hydrazine groups is 1. The Labute approximate surface area is 109 Å². The molecule has 18 heavy (non-hydrogen) atoms. The molecule has 0 fully saturated rings. The Kier molecular flexibility index (Phi) is 4.46. The Morgan fingerprint density at radius 3 is 2.61 bits per heavy atom. The number of anilines is 1. The van der Waals surface area contributed by atoms with Gasteiger partial charge in [-0.3, -0.25) is 5.43 Å². The first-order chi connectivity index (χ1) is 8.81. The van der Waals surface area contributed by atoms with Crippen molar-refractivity contribution in [1.29, 1.82) is 0 Å². The second kappa shape index (κ2) is 6.29. The number of rotatable bonds is 6.